The highest BCUT2D eigenvalue weighted by atomic mass is 32.3. The van der Waals surface area contributed by atoms with E-state index in [4.69, 9.17) is 15.2 Å². The molecule has 0 saturated carbocycles. The molecule has 0 spiro atoms. The van der Waals surface area contributed by atoms with E-state index < -0.39 is 6.10 Å². The maximum Gasteiger partial charge on any atom is 0.0940 e. The summed E-state index contributed by atoms with van der Waals surface area (Å²) in [7, 11) is 1.12. The average Bonchev–Trinajstić information content (AvgIpc) is 3.21. The predicted molar refractivity (Wildman–Crippen MR) is 190 cm³/mol. The molecule has 1 aromatic rings. The zero-order valence-electron chi connectivity index (χ0n) is 28.7. The molecular formula is C36H65N3O3S. The number of rotatable bonds is 15. The van der Waals surface area contributed by atoms with Crippen LogP contribution in [0.5, 0.6) is 0 Å². The second-order valence-electron chi connectivity index (χ2n) is 13.1. The van der Waals surface area contributed by atoms with Crippen molar-refractivity contribution in [3.8, 4) is 0 Å². The fourth-order valence-corrected chi connectivity index (χ4v) is 6.16. The second kappa shape index (κ2) is 21.3. The van der Waals surface area contributed by atoms with Gasteiger partial charge < -0.3 is 31.4 Å². The van der Waals surface area contributed by atoms with Crippen LogP contribution in [0, 0.1) is 5.92 Å². The SMILES string of the molecule is CCCC1=CC=CCC=C1C(C)OCC(O)CNC(C)(C)CC1CCc2ccccc2C1.CN.CS(C)(C)CCOCN. The molecule has 0 amide bonds. The van der Waals surface area contributed by atoms with E-state index in [9.17, 15) is 5.11 Å². The normalized spacial score (nSPS) is 18.4. The van der Waals surface area contributed by atoms with Gasteiger partial charge in [0.1, 0.15) is 0 Å². The lowest BCUT2D eigenvalue weighted by Gasteiger charge is -2.34. The van der Waals surface area contributed by atoms with Crippen LogP contribution in [-0.4, -0.2) is 80.9 Å². The van der Waals surface area contributed by atoms with Crippen LogP contribution in [0.25, 0.3) is 0 Å². The molecule has 0 radical (unpaired) electrons. The maximum absolute atomic E-state index is 10.6. The molecule has 3 rings (SSSR count). The summed E-state index contributed by atoms with van der Waals surface area (Å²) < 4.78 is 11.1. The molecule has 0 bridgehead atoms. The van der Waals surface area contributed by atoms with Gasteiger partial charge >= 0.3 is 0 Å². The van der Waals surface area contributed by atoms with Crippen LogP contribution in [0.2, 0.25) is 0 Å². The lowest BCUT2D eigenvalue weighted by atomic mass is 9.78. The number of aryl methyl sites for hydroxylation is 1. The van der Waals surface area contributed by atoms with Crippen LogP contribution in [0.15, 0.2) is 59.7 Å². The Hall–Kier alpha value is -1.45. The molecule has 1 aromatic carbocycles. The number of hydrogen-bond acceptors (Lipinski definition) is 6. The van der Waals surface area contributed by atoms with Crippen molar-refractivity contribution in [2.24, 2.45) is 17.4 Å². The first kappa shape index (κ1) is 39.6. The quantitative estimate of drug-likeness (QED) is 0.139. The first-order chi connectivity index (χ1) is 20.4. The standard InChI is InChI=1S/C29H43NO2.C6H17NOS.CH5N/c1-5-11-25-13-7-6-8-15-28(25)22(2)32-21-27(31)20-30-29(3,4)19-23-16-17-24-12-9-10-14-26(24)18-23;1-9(2,3)5-4-8-6-7;1-2/h6-7,9-10,12-15,22-23,27,30-31H,5,8,11,16-21H2,1-4H3;4-7H2,1-3H3;2H2,1H3. The van der Waals surface area contributed by atoms with Gasteiger partial charge in [0.2, 0.25) is 0 Å². The maximum atomic E-state index is 10.6. The number of fused-ring (bicyclic) bond motifs is 1. The lowest BCUT2D eigenvalue weighted by molar-refractivity contribution is 0.0102. The number of aliphatic hydroxyl groups is 1. The van der Waals surface area contributed by atoms with Gasteiger partial charge in [-0.1, -0.05) is 61.9 Å². The largest absolute Gasteiger partial charge is 0.389 e. The summed E-state index contributed by atoms with van der Waals surface area (Å²) in [4.78, 5) is 0. The predicted octanol–water partition coefficient (Wildman–Crippen LogP) is 6.12. The van der Waals surface area contributed by atoms with Crippen molar-refractivity contribution in [1.29, 1.82) is 0 Å². The fourth-order valence-electron chi connectivity index (χ4n) is 5.54. The number of aliphatic hydroxyl groups excluding tert-OH is 1. The van der Waals surface area contributed by atoms with Gasteiger partial charge in [-0.15, -0.1) is 0 Å². The molecule has 2 aliphatic rings. The third-order valence-electron chi connectivity index (χ3n) is 7.80. The molecule has 0 aliphatic heterocycles. The Kier molecular flexibility index (Phi) is 19.6. The van der Waals surface area contributed by atoms with E-state index in [2.05, 4.69) is 106 Å². The Morgan fingerprint density at radius 2 is 1.84 bits per heavy atom. The molecule has 3 unspecified atom stereocenters. The van der Waals surface area contributed by atoms with Crippen LogP contribution < -0.4 is 16.8 Å². The van der Waals surface area contributed by atoms with Gasteiger partial charge in [-0.2, -0.15) is 0 Å². The number of hydrogen-bond donors (Lipinski definition) is 4. The van der Waals surface area contributed by atoms with E-state index in [1.54, 1.807) is 0 Å². The summed E-state index contributed by atoms with van der Waals surface area (Å²) in [6.45, 7) is 10.9. The molecule has 0 heterocycles. The number of nitrogens with one attached hydrogen (secondary N) is 1. The molecule has 7 heteroatoms. The zero-order valence-corrected chi connectivity index (χ0v) is 29.5. The van der Waals surface area contributed by atoms with Crippen LogP contribution in [0.3, 0.4) is 0 Å². The smallest absolute Gasteiger partial charge is 0.0940 e. The van der Waals surface area contributed by atoms with Crippen LogP contribution in [0.4, 0.5) is 0 Å². The van der Waals surface area contributed by atoms with E-state index >= 15 is 0 Å². The van der Waals surface area contributed by atoms with Crippen molar-refractivity contribution in [3.63, 3.8) is 0 Å². The summed E-state index contributed by atoms with van der Waals surface area (Å²) in [5.74, 6) is 1.85. The van der Waals surface area contributed by atoms with Gasteiger partial charge in [-0.25, -0.2) is 10.0 Å². The van der Waals surface area contributed by atoms with Crippen molar-refractivity contribution >= 4 is 10.0 Å². The minimum Gasteiger partial charge on any atom is -0.389 e. The van der Waals surface area contributed by atoms with Gasteiger partial charge in [0.25, 0.3) is 0 Å². The fraction of sp³-hybridized carbons (Fsp3) is 0.667. The highest BCUT2D eigenvalue weighted by molar-refractivity contribution is 8.32. The minimum absolute atomic E-state index is 0.00216. The van der Waals surface area contributed by atoms with Gasteiger partial charge in [0.05, 0.1) is 32.2 Å². The number of ether oxygens (including phenoxy) is 2. The molecule has 0 aromatic heterocycles. The van der Waals surface area contributed by atoms with Crippen molar-refractivity contribution in [1.82, 2.24) is 5.32 Å². The zero-order chi connectivity index (χ0) is 32.3. The van der Waals surface area contributed by atoms with E-state index in [1.165, 1.54) is 48.6 Å². The summed E-state index contributed by atoms with van der Waals surface area (Å²) in [5, 5.41) is 14.2. The molecule has 2 aliphatic carbocycles. The third kappa shape index (κ3) is 17.0. The van der Waals surface area contributed by atoms with Gasteiger partial charge in [-0.3, -0.25) is 0 Å². The Bertz CT molecular complexity index is 984. The molecule has 3 atom stereocenters. The summed E-state index contributed by atoms with van der Waals surface area (Å²) in [6, 6.07) is 8.86. The van der Waals surface area contributed by atoms with E-state index in [0.29, 0.717) is 25.8 Å². The van der Waals surface area contributed by atoms with Crippen LogP contribution in [0.1, 0.15) is 70.9 Å². The lowest BCUT2D eigenvalue weighted by Crippen LogP contribution is -2.46. The monoisotopic (exact) mass is 619 g/mol. The Morgan fingerprint density at radius 3 is 2.49 bits per heavy atom. The van der Waals surface area contributed by atoms with Gasteiger partial charge in [0, 0.05) is 17.8 Å². The van der Waals surface area contributed by atoms with E-state index in [1.807, 2.05) is 0 Å². The van der Waals surface area contributed by atoms with Gasteiger partial charge in [0.15, 0.2) is 0 Å². The number of allylic oxidation sites excluding steroid dienone is 4. The topological polar surface area (TPSA) is 103 Å². The summed E-state index contributed by atoms with van der Waals surface area (Å²) >= 11 is 0. The molecule has 6 nitrogen and oxygen atoms in total. The van der Waals surface area contributed by atoms with Crippen molar-refractivity contribution in [2.75, 3.05) is 58.1 Å². The van der Waals surface area contributed by atoms with Gasteiger partial charge in [-0.05, 0) is 113 Å². The number of β-amino-alcohol motifs (C(OH)–C–C–N with tert-alkyl or cyclic N) is 1. The number of nitrogens with two attached hydrogens (primary N) is 2. The van der Waals surface area contributed by atoms with Crippen molar-refractivity contribution in [3.05, 3.63) is 70.8 Å². The van der Waals surface area contributed by atoms with Crippen LogP contribution in [-0.2, 0) is 22.3 Å². The van der Waals surface area contributed by atoms with Crippen LogP contribution >= 0.6 is 10.0 Å². The van der Waals surface area contributed by atoms with Crippen molar-refractivity contribution in [2.45, 2.75) is 90.4 Å². The first-order valence-corrected chi connectivity index (χ1v) is 19.2. The van der Waals surface area contributed by atoms with Crippen molar-refractivity contribution < 1.29 is 14.6 Å². The minimum atomic E-state index is -0.507. The average molecular weight is 620 g/mol. The summed E-state index contributed by atoms with van der Waals surface area (Å²) in [5.41, 5.74) is 15.3. The van der Waals surface area contributed by atoms with E-state index in [-0.39, 0.29) is 21.7 Å². The first-order valence-electron chi connectivity index (χ1n) is 16.1. The number of benzene rings is 1. The molecular weight excluding hydrogens is 554 g/mol. The molecule has 0 fully saturated rings. The second-order valence-corrected chi connectivity index (χ2v) is 17.7. The highest BCUT2D eigenvalue weighted by Gasteiger charge is 2.27. The Labute approximate surface area is 266 Å². The molecule has 6 N–H and O–H groups in total. The third-order valence-corrected chi connectivity index (χ3v) is 9.19. The Morgan fingerprint density at radius 1 is 1.14 bits per heavy atom. The van der Waals surface area contributed by atoms with E-state index in [0.717, 1.165) is 38.0 Å². The Balaban J connectivity index is 0.000000720. The molecule has 43 heavy (non-hydrogen) atoms. The highest BCUT2D eigenvalue weighted by Crippen LogP contribution is 2.33. The molecule has 248 valence electrons. The molecule has 0 saturated heterocycles. The summed E-state index contributed by atoms with van der Waals surface area (Å²) in [6.07, 6.45) is 23.0.